The van der Waals surface area contributed by atoms with Crippen LogP contribution in [0, 0.1) is 11.6 Å². The molecule has 2 heterocycles. The third-order valence-electron chi connectivity index (χ3n) is 5.96. The smallest absolute Gasteiger partial charge is 0.162 e. The molecule has 164 valence electrons. The second-order valence-electron chi connectivity index (χ2n) is 8.00. The Morgan fingerprint density at radius 2 is 1.59 bits per heavy atom. The number of fused-ring (bicyclic) bond motifs is 3. The Morgan fingerprint density at radius 1 is 0.875 bits per heavy atom. The summed E-state index contributed by atoms with van der Waals surface area (Å²) in [6, 6.07) is 20.6. The molecule has 3 nitrogen and oxygen atoms in total. The van der Waals surface area contributed by atoms with E-state index in [1.807, 2.05) is 30.3 Å². The summed E-state index contributed by atoms with van der Waals surface area (Å²) in [5.41, 5.74) is 4.74. The Kier molecular flexibility index (Phi) is 6.40. The summed E-state index contributed by atoms with van der Waals surface area (Å²) in [5, 5.41) is 0.891. The Morgan fingerprint density at radius 3 is 2.34 bits per heavy atom. The van der Waals surface area contributed by atoms with E-state index < -0.39 is 0 Å². The van der Waals surface area contributed by atoms with Crippen molar-refractivity contribution in [1.82, 2.24) is 9.47 Å². The zero-order valence-electron chi connectivity index (χ0n) is 17.4. The molecule has 1 aromatic heterocycles. The summed E-state index contributed by atoms with van der Waals surface area (Å²) < 4.78 is 29.6. The van der Waals surface area contributed by atoms with Gasteiger partial charge in [-0.05, 0) is 61.0 Å². The van der Waals surface area contributed by atoms with Gasteiger partial charge in [0.15, 0.2) is 5.78 Å². The van der Waals surface area contributed by atoms with E-state index in [0.717, 1.165) is 46.4 Å². The van der Waals surface area contributed by atoms with E-state index in [-0.39, 0.29) is 29.8 Å². The van der Waals surface area contributed by atoms with E-state index in [0.29, 0.717) is 19.5 Å². The van der Waals surface area contributed by atoms with Gasteiger partial charge in [0.1, 0.15) is 11.6 Å². The Labute approximate surface area is 191 Å². The number of ketones is 1. The predicted octanol–water partition coefficient (Wildman–Crippen LogP) is 6.31. The fourth-order valence-corrected chi connectivity index (χ4v) is 4.49. The van der Waals surface area contributed by atoms with Gasteiger partial charge in [-0.2, -0.15) is 0 Å². The molecule has 0 saturated carbocycles. The molecule has 0 amide bonds. The Hall–Kier alpha value is -3.02. The number of hydrogen-bond acceptors (Lipinski definition) is 2. The molecule has 0 radical (unpaired) electrons. The highest BCUT2D eigenvalue weighted by Crippen LogP contribution is 2.36. The number of carbonyl (C=O) groups is 1. The molecule has 0 bridgehead atoms. The van der Waals surface area contributed by atoms with Gasteiger partial charge in [-0.1, -0.05) is 30.3 Å². The van der Waals surface area contributed by atoms with Gasteiger partial charge < -0.3 is 4.57 Å². The molecule has 5 rings (SSSR count). The largest absolute Gasteiger partial charge is 0.312 e. The van der Waals surface area contributed by atoms with Crippen LogP contribution < -0.4 is 0 Å². The number of halogens is 3. The number of aromatic nitrogens is 1. The number of hydrogen-bond donors (Lipinski definition) is 0. The van der Waals surface area contributed by atoms with Crippen molar-refractivity contribution in [3.8, 4) is 5.69 Å². The molecule has 0 spiro atoms. The minimum Gasteiger partial charge on any atom is -0.312 e. The molecular weight excluding hydrogens is 430 g/mol. The van der Waals surface area contributed by atoms with Crippen molar-refractivity contribution in [1.29, 1.82) is 0 Å². The second-order valence-corrected chi connectivity index (χ2v) is 8.00. The maximum absolute atomic E-state index is 14.0. The highest BCUT2D eigenvalue weighted by Gasteiger charge is 2.27. The molecule has 1 aliphatic heterocycles. The highest BCUT2D eigenvalue weighted by molar-refractivity contribution is 5.96. The van der Waals surface area contributed by atoms with Crippen molar-refractivity contribution in [3.63, 3.8) is 0 Å². The average Bonchev–Trinajstić information content (AvgIpc) is 3.32. The fraction of sp³-hybridized carbons (Fsp3) is 0.192. The number of carbonyl (C=O) groups excluding carboxylic acids is 1. The number of rotatable bonds is 6. The van der Waals surface area contributed by atoms with Crippen molar-refractivity contribution >= 4 is 29.1 Å². The first-order valence-corrected chi connectivity index (χ1v) is 10.5. The van der Waals surface area contributed by atoms with Gasteiger partial charge in [-0.3, -0.25) is 9.69 Å². The standard InChI is InChI=1S/C26H22F2N2O.ClH/c27-19-8-11-21(12-9-19)30-24-13-10-20(28)15-22(24)23-16-29(17-25(23)30)14-4-7-26(31)18-5-2-1-3-6-18;/h1-3,5-6,8-13,15H,4,7,14,16-17H2;1H. The first-order valence-electron chi connectivity index (χ1n) is 10.5. The molecule has 0 fully saturated rings. The lowest BCUT2D eigenvalue weighted by Crippen LogP contribution is -2.19. The quantitative estimate of drug-likeness (QED) is 0.320. The normalized spacial score (nSPS) is 13.2. The fourth-order valence-electron chi connectivity index (χ4n) is 4.49. The van der Waals surface area contributed by atoms with Gasteiger partial charge >= 0.3 is 0 Å². The van der Waals surface area contributed by atoms with Crippen LogP contribution in [-0.2, 0) is 13.1 Å². The number of Topliss-reactive ketones (excluding diaryl/α,β-unsaturated/α-hetero) is 1. The predicted molar refractivity (Wildman–Crippen MR) is 125 cm³/mol. The summed E-state index contributed by atoms with van der Waals surface area (Å²) in [7, 11) is 0. The van der Waals surface area contributed by atoms with Crippen molar-refractivity contribution in [3.05, 3.63) is 101 Å². The molecular formula is C26H23ClF2N2O. The molecule has 0 saturated heterocycles. The van der Waals surface area contributed by atoms with E-state index in [1.165, 1.54) is 18.2 Å². The molecule has 0 atom stereocenters. The van der Waals surface area contributed by atoms with Crippen molar-refractivity contribution in [2.75, 3.05) is 6.54 Å². The van der Waals surface area contributed by atoms with Crippen LogP contribution in [0.2, 0.25) is 0 Å². The van der Waals surface area contributed by atoms with Gasteiger partial charge in [0.2, 0.25) is 0 Å². The van der Waals surface area contributed by atoms with Crippen LogP contribution in [0.3, 0.4) is 0 Å². The number of benzene rings is 3. The van der Waals surface area contributed by atoms with Crippen LogP contribution in [0.25, 0.3) is 16.6 Å². The third-order valence-corrected chi connectivity index (χ3v) is 5.96. The monoisotopic (exact) mass is 452 g/mol. The van der Waals surface area contributed by atoms with E-state index in [4.69, 9.17) is 0 Å². The summed E-state index contributed by atoms with van der Waals surface area (Å²) in [6.45, 7) is 2.21. The molecule has 3 aromatic carbocycles. The zero-order chi connectivity index (χ0) is 21.4. The van der Waals surface area contributed by atoms with E-state index in [1.54, 1.807) is 24.3 Å². The molecule has 32 heavy (non-hydrogen) atoms. The second kappa shape index (κ2) is 9.23. The van der Waals surface area contributed by atoms with Crippen LogP contribution in [0.5, 0.6) is 0 Å². The maximum atomic E-state index is 14.0. The van der Waals surface area contributed by atoms with Gasteiger partial charge in [0.25, 0.3) is 0 Å². The third kappa shape index (κ3) is 4.18. The molecule has 6 heteroatoms. The molecule has 0 N–H and O–H groups in total. The summed E-state index contributed by atoms with van der Waals surface area (Å²) in [5.74, 6) is -0.397. The van der Waals surface area contributed by atoms with E-state index >= 15 is 0 Å². The van der Waals surface area contributed by atoms with Crippen molar-refractivity contribution < 1.29 is 13.6 Å². The van der Waals surface area contributed by atoms with Crippen LogP contribution >= 0.6 is 12.4 Å². The molecule has 1 aliphatic rings. The topological polar surface area (TPSA) is 25.2 Å². The summed E-state index contributed by atoms with van der Waals surface area (Å²) in [4.78, 5) is 14.7. The highest BCUT2D eigenvalue weighted by atomic mass is 35.5. The minimum absolute atomic E-state index is 0. The Balaban J connectivity index is 0.00000245. The first kappa shape index (κ1) is 22.2. The van der Waals surface area contributed by atoms with Crippen LogP contribution in [-0.4, -0.2) is 21.8 Å². The minimum atomic E-state index is -0.285. The number of nitrogens with zero attached hydrogens (tertiary/aromatic N) is 2. The van der Waals surface area contributed by atoms with Crippen LogP contribution in [0.4, 0.5) is 8.78 Å². The SMILES string of the molecule is Cl.O=C(CCCN1Cc2c(n(-c3ccc(F)cc3)c3ccc(F)cc23)C1)c1ccccc1. The van der Waals surface area contributed by atoms with E-state index in [2.05, 4.69) is 9.47 Å². The first-order chi connectivity index (χ1) is 15.1. The lowest BCUT2D eigenvalue weighted by atomic mass is 10.1. The molecule has 0 aliphatic carbocycles. The van der Waals surface area contributed by atoms with Crippen molar-refractivity contribution in [2.45, 2.75) is 25.9 Å². The lowest BCUT2D eigenvalue weighted by molar-refractivity contribution is 0.0974. The van der Waals surface area contributed by atoms with Crippen LogP contribution in [0.15, 0.2) is 72.8 Å². The maximum Gasteiger partial charge on any atom is 0.162 e. The van der Waals surface area contributed by atoms with E-state index in [9.17, 15) is 13.6 Å². The molecule has 4 aromatic rings. The summed E-state index contributed by atoms with van der Waals surface area (Å²) in [6.07, 6.45) is 1.26. The Bertz CT molecular complexity index is 1250. The lowest BCUT2D eigenvalue weighted by Gasteiger charge is -2.17. The zero-order valence-corrected chi connectivity index (χ0v) is 18.2. The molecule has 0 unspecified atom stereocenters. The van der Waals surface area contributed by atoms with Gasteiger partial charge in [-0.25, -0.2) is 8.78 Å². The summed E-state index contributed by atoms with van der Waals surface area (Å²) >= 11 is 0. The van der Waals surface area contributed by atoms with Gasteiger partial charge in [0.05, 0.1) is 5.52 Å². The van der Waals surface area contributed by atoms with Crippen molar-refractivity contribution in [2.24, 2.45) is 0 Å². The average molecular weight is 453 g/mol. The van der Waals surface area contributed by atoms with Gasteiger partial charge in [0, 0.05) is 41.8 Å². The van der Waals surface area contributed by atoms with Gasteiger partial charge in [-0.15, -0.1) is 12.4 Å². The van der Waals surface area contributed by atoms with Crippen LogP contribution in [0.1, 0.15) is 34.5 Å².